The molecule has 0 saturated heterocycles. The molecule has 7 nitrogen and oxygen atoms in total. The molecule has 2 aromatic heterocycles. The molecule has 0 aromatic carbocycles. The van der Waals surface area contributed by atoms with Crippen molar-refractivity contribution in [1.82, 2.24) is 15.8 Å². The maximum absolute atomic E-state index is 12.1. The van der Waals surface area contributed by atoms with E-state index in [-0.39, 0.29) is 11.5 Å². The maximum Gasteiger partial charge on any atom is 0.305 e. The molecule has 2 amide bonds. The van der Waals surface area contributed by atoms with Crippen LogP contribution in [0.3, 0.4) is 0 Å². The van der Waals surface area contributed by atoms with Gasteiger partial charge < -0.3 is 9.40 Å². The van der Waals surface area contributed by atoms with Crippen molar-refractivity contribution in [1.29, 1.82) is 0 Å². The number of hydrazine groups is 1. The zero-order valence-corrected chi connectivity index (χ0v) is 12.0. The molecule has 0 aliphatic heterocycles. The molecule has 1 aliphatic rings. The van der Waals surface area contributed by atoms with Crippen molar-refractivity contribution in [2.75, 3.05) is 0 Å². The average molecular weight is 301 g/mol. The van der Waals surface area contributed by atoms with E-state index in [1.807, 2.05) is 0 Å². The molecule has 2 heterocycles. The van der Waals surface area contributed by atoms with Crippen molar-refractivity contribution < 1.29 is 18.8 Å². The lowest BCUT2D eigenvalue weighted by molar-refractivity contribution is 0.0827. The molecule has 7 heteroatoms. The lowest BCUT2D eigenvalue weighted by Crippen LogP contribution is -2.41. The van der Waals surface area contributed by atoms with Crippen molar-refractivity contribution in [3.63, 3.8) is 0 Å². The van der Waals surface area contributed by atoms with Crippen molar-refractivity contribution in [3.8, 4) is 0 Å². The standard InChI is InChI=1S/C15H15N3O4/c1-8-12-10(19)5-2-6-11(12)22-13(8)15(21)18-17-14(20)9-4-3-7-16-9/h3-4,7,16H,2,5-6H2,1H3,(H,17,20)(H,18,21). The van der Waals surface area contributed by atoms with Gasteiger partial charge in [-0.25, -0.2) is 0 Å². The quantitative estimate of drug-likeness (QED) is 0.731. The summed E-state index contributed by atoms with van der Waals surface area (Å²) in [4.78, 5) is 38.5. The van der Waals surface area contributed by atoms with E-state index in [1.165, 1.54) is 0 Å². The van der Waals surface area contributed by atoms with Crippen LogP contribution in [0.5, 0.6) is 0 Å². The second-order valence-corrected chi connectivity index (χ2v) is 5.12. The van der Waals surface area contributed by atoms with Gasteiger partial charge in [0.2, 0.25) is 0 Å². The highest BCUT2D eigenvalue weighted by atomic mass is 16.4. The summed E-state index contributed by atoms with van der Waals surface area (Å²) < 4.78 is 5.50. The smallest absolute Gasteiger partial charge is 0.305 e. The first-order valence-corrected chi connectivity index (χ1v) is 6.97. The number of amides is 2. The van der Waals surface area contributed by atoms with Crippen LogP contribution in [0, 0.1) is 6.92 Å². The summed E-state index contributed by atoms with van der Waals surface area (Å²) in [7, 11) is 0. The Kier molecular flexibility index (Phi) is 3.54. The average Bonchev–Trinajstić information content (AvgIpc) is 3.13. The van der Waals surface area contributed by atoms with E-state index in [2.05, 4.69) is 15.8 Å². The van der Waals surface area contributed by atoms with Crippen LogP contribution in [0.15, 0.2) is 22.7 Å². The van der Waals surface area contributed by atoms with Crippen LogP contribution >= 0.6 is 0 Å². The number of ketones is 1. The normalized spacial score (nSPS) is 13.6. The van der Waals surface area contributed by atoms with Crippen molar-refractivity contribution in [3.05, 3.63) is 46.7 Å². The maximum atomic E-state index is 12.1. The fourth-order valence-electron chi connectivity index (χ4n) is 2.57. The summed E-state index contributed by atoms with van der Waals surface area (Å²) >= 11 is 0. The van der Waals surface area contributed by atoms with Gasteiger partial charge >= 0.3 is 5.91 Å². The van der Waals surface area contributed by atoms with E-state index >= 15 is 0 Å². The SMILES string of the molecule is Cc1c(C(=O)NNC(=O)c2ccc[nH]2)oc2c1C(=O)CCC2. The Hall–Kier alpha value is -2.83. The minimum Gasteiger partial charge on any atom is -0.455 e. The highest BCUT2D eigenvalue weighted by Crippen LogP contribution is 2.29. The highest BCUT2D eigenvalue weighted by molar-refractivity contribution is 6.04. The first-order chi connectivity index (χ1) is 10.6. The summed E-state index contributed by atoms with van der Waals surface area (Å²) in [6.07, 6.45) is 3.44. The Morgan fingerprint density at radius 1 is 1.23 bits per heavy atom. The third kappa shape index (κ3) is 2.41. The van der Waals surface area contributed by atoms with Gasteiger partial charge in [0, 0.05) is 24.6 Å². The van der Waals surface area contributed by atoms with Crippen molar-refractivity contribution in [2.45, 2.75) is 26.2 Å². The van der Waals surface area contributed by atoms with Gasteiger partial charge in [0.15, 0.2) is 11.5 Å². The van der Waals surface area contributed by atoms with Crippen molar-refractivity contribution in [2.24, 2.45) is 0 Å². The number of aryl methyl sites for hydroxylation is 1. The number of rotatable bonds is 2. The Bertz CT molecular complexity index is 743. The minimum absolute atomic E-state index is 0.00280. The van der Waals surface area contributed by atoms with Crippen LogP contribution in [-0.4, -0.2) is 22.6 Å². The summed E-state index contributed by atoms with van der Waals surface area (Å²) in [5.41, 5.74) is 5.93. The lowest BCUT2D eigenvalue weighted by Gasteiger charge is -2.07. The molecule has 3 N–H and O–H groups in total. The molecule has 1 aliphatic carbocycles. The Balaban J connectivity index is 1.73. The third-order valence-corrected chi connectivity index (χ3v) is 3.64. The Labute approximate surface area is 126 Å². The molecule has 3 rings (SSSR count). The first kappa shape index (κ1) is 14.1. The Morgan fingerprint density at radius 2 is 2.00 bits per heavy atom. The predicted octanol–water partition coefficient (Wildman–Crippen LogP) is 1.51. The van der Waals surface area contributed by atoms with Gasteiger partial charge in [-0.2, -0.15) is 0 Å². The van der Waals surface area contributed by atoms with Gasteiger partial charge in [0.05, 0.1) is 5.56 Å². The van der Waals surface area contributed by atoms with Gasteiger partial charge in [-0.05, 0) is 25.5 Å². The van der Waals surface area contributed by atoms with Crippen LogP contribution in [0.2, 0.25) is 0 Å². The minimum atomic E-state index is -0.584. The number of aromatic nitrogens is 1. The zero-order valence-electron chi connectivity index (χ0n) is 12.0. The molecule has 0 radical (unpaired) electrons. The molecule has 0 atom stereocenters. The van der Waals surface area contributed by atoms with Gasteiger partial charge in [-0.1, -0.05) is 0 Å². The van der Waals surface area contributed by atoms with E-state index in [9.17, 15) is 14.4 Å². The van der Waals surface area contributed by atoms with E-state index < -0.39 is 11.8 Å². The molecule has 0 spiro atoms. The summed E-state index contributed by atoms with van der Waals surface area (Å²) in [5, 5.41) is 0. The highest BCUT2D eigenvalue weighted by Gasteiger charge is 2.28. The van der Waals surface area contributed by atoms with Crippen LogP contribution in [0.4, 0.5) is 0 Å². The van der Waals surface area contributed by atoms with Gasteiger partial charge in [-0.3, -0.25) is 25.2 Å². The van der Waals surface area contributed by atoms with E-state index in [4.69, 9.17) is 4.42 Å². The number of H-pyrrole nitrogens is 1. The fraction of sp³-hybridized carbons (Fsp3) is 0.267. The van der Waals surface area contributed by atoms with Crippen LogP contribution < -0.4 is 10.9 Å². The third-order valence-electron chi connectivity index (χ3n) is 3.64. The molecule has 114 valence electrons. The fourth-order valence-corrected chi connectivity index (χ4v) is 2.57. The van der Waals surface area contributed by atoms with Crippen molar-refractivity contribution >= 4 is 17.6 Å². The predicted molar refractivity (Wildman–Crippen MR) is 76.4 cm³/mol. The van der Waals surface area contributed by atoms with E-state index in [0.717, 1.165) is 6.42 Å². The number of nitrogens with one attached hydrogen (secondary N) is 3. The first-order valence-electron chi connectivity index (χ1n) is 6.97. The Morgan fingerprint density at radius 3 is 2.68 bits per heavy atom. The van der Waals surface area contributed by atoms with E-state index in [1.54, 1.807) is 25.3 Å². The van der Waals surface area contributed by atoms with Crippen LogP contribution in [0.1, 0.15) is 55.6 Å². The zero-order chi connectivity index (χ0) is 15.7. The summed E-state index contributed by atoms with van der Waals surface area (Å²) in [6, 6.07) is 3.25. The molecular weight excluding hydrogens is 286 g/mol. The number of aromatic amines is 1. The second kappa shape index (κ2) is 5.51. The lowest BCUT2D eigenvalue weighted by atomic mass is 9.94. The molecule has 0 fully saturated rings. The topological polar surface area (TPSA) is 104 Å². The largest absolute Gasteiger partial charge is 0.455 e. The summed E-state index contributed by atoms with van der Waals surface area (Å²) in [5.74, 6) is -0.443. The van der Waals surface area contributed by atoms with Gasteiger partial charge in [0.1, 0.15) is 11.5 Å². The number of fused-ring (bicyclic) bond motifs is 1. The molecule has 22 heavy (non-hydrogen) atoms. The number of hydrogen-bond donors (Lipinski definition) is 3. The second-order valence-electron chi connectivity index (χ2n) is 5.12. The van der Waals surface area contributed by atoms with Gasteiger partial charge in [-0.15, -0.1) is 0 Å². The number of furan rings is 1. The monoisotopic (exact) mass is 301 g/mol. The number of carbonyl (C=O) groups is 3. The molecule has 2 aromatic rings. The van der Waals surface area contributed by atoms with E-state index in [0.29, 0.717) is 35.4 Å². The summed E-state index contributed by atoms with van der Waals surface area (Å²) in [6.45, 7) is 1.67. The number of carbonyl (C=O) groups excluding carboxylic acids is 3. The molecule has 0 unspecified atom stereocenters. The molecule has 0 saturated carbocycles. The van der Waals surface area contributed by atoms with Gasteiger partial charge in [0.25, 0.3) is 5.91 Å². The van der Waals surface area contributed by atoms with Crippen LogP contribution in [0.25, 0.3) is 0 Å². The number of Topliss-reactive ketones (excluding diaryl/α,β-unsaturated/α-hetero) is 1. The number of hydrogen-bond acceptors (Lipinski definition) is 4. The van der Waals surface area contributed by atoms with Crippen LogP contribution in [-0.2, 0) is 6.42 Å². The molecular formula is C15H15N3O4. The molecule has 0 bridgehead atoms.